The highest BCUT2D eigenvalue weighted by atomic mass is 32.2. The number of carbonyl (C=O) groups excluding carboxylic acids is 1. The summed E-state index contributed by atoms with van der Waals surface area (Å²) in [5.74, 6) is 0.363. The molecular formula is C21H28N6O3S. The fourth-order valence-corrected chi connectivity index (χ4v) is 3.90. The number of thioether (sulfide) groups is 1. The van der Waals surface area contributed by atoms with Crippen molar-refractivity contribution in [1.82, 2.24) is 24.7 Å². The molecule has 0 aliphatic carbocycles. The minimum absolute atomic E-state index is 0.153. The van der Waals surface area contributed by atoms with E-state index in [1.807, 2.05) is 31.5 Å². The van der Waals surface area contributed by atoms with Gasteiger partial charge in [-0.15, -0.1) is 0 Å². The van der Waals surface area contributed by atoms with Crippen LogP contribution in [0.5, 0.6) is 0 Å². The second-order valence-electron chi connectivity index (χ2n) is 7.31. The van der Waals surface area contributed by atoms with Crippen molar-refractivity contribution in [2.45, 2.75) is 43.5 Å². The molecule has 1 N–H and O–H groups in total. The lowest BCUT2D eigenvalue weighted by molar-refractivity contribution is -0.116. The molecule has 0 saturated heterocycles. The third-order valence-corrected chi connectivity index (χ3v) is 5.79. The summed E-state index contributed by atoms with van der Waals surface area (Å²) in [6.45, 7) is 7.46. The van der Waals surface area contributed by atoms with E-state index < -0.39 is 5.25 Å². The Balaban J connectivity index is 1.78. The van der Waals surface area contributed by atoms with E-state index in [0.717, 1.165) is 16.6 Å². The first-order valence-electron chi connectivity index (χ1n) is 10.1. The molecule has 0 fully saturated rings. The molecule has 1 atom stereocenters. The van der Waals surface area contributed by atoms with E-state index in [4.69, 9.17) is 9.47 Å². The van der Waals surface area contributed by atoms with Crippen LogP contribution in [-0.4, -0.2) is 62.8 Å². The average Bonchev–Trinajstić information content (AvgIpc) is 3.19. The quantitative estimate of drug-likeness (QED) is 0.273. The molecule has 3 aromatic heterocycles. The van der Waals surface area contributed by atoms with Gasteiger partial charge in [-0.25, -0.2) is 19.6 Å². The number of amides is 1. The first-order valence-corrected chi connectivity index (χ1v) is 11.0. The second-order valence-corrected chi connectivity index (χ2v) is 8.50. The molecule has 1 amide bonds. The summed E-state index contributed by atoms with van der Waals surface area (Å²) in [5.41, 5.74) is 1.78. The molecule has 3 aromatic rings. The third-order valence-electron chi connectivity index (χ3n) is 4.51. The molecule has 0 saturated carbocycles. The van der Waals surface area contributed by atoms with E-state index in [-0.39, 0.29) is 11.9 Å². The summed E-state index contributed by atoms with van der Waals surface area (Å²) >= 11 is 1.38. The fraction of sp³-hybridized carbons (Fsp3) is 0.476. The van der Waals surface area contributed by atoms with E-state index in [1.54, 1.807) is 25.6 Å². The van der Waals surface area contributed by atoms with Crippen LogP contribution >= 0.6 is 11.8 Å². The summed E-state index contributed by atoms with van der Waals surface area (Å²) in [7, 11) is 1.63. The Kier molecular flexibility index (Phi) is 8.33. The van der Waals surface area contributed by atoms with Gasteiger partial charge in [-0.3, -0.25) is 4.79 Å². The van der Waals surface area contributed by atoms with E-state index in [0.29, 0.717) is 37.1 Å². The highest BCUT2D eigenvalue weighted by molar-refractivity contribution is 8.00. The van der Waals surface area contributed by atoms with Gasteiger partial charge in [0.15, 0.2) is 5.65 Å². The van der Waals surface area contributed by atoms with Crippen LogP contribution in [0.4, 0.5) is 5.82 Å². The van der Waals surface area contributed by atoms with Gasteiger partial charge in [-0.1, -0.05) is 17.8 Å². The first kappa shape index (κ1) is 23.1. The molecular weight excluding hydrogens is 416 g/mol. The number of nitrogens with zero attached hydrogens (tertiary/aromatic N) is 5. The lowest BCUT2D eigenvalue weighted by Crippen LogP contribution is -2.27. The number of carbonyl (C=O) groups is 1. The number of aryl methyl sites for hydroxylation is 1. The van der Waals surface area contributed by atoms with Crippen molar-refractivity contribution in [1.29, 1.82) is 0 Å². The number of nitrogens with one attached hydrogen (secondary N) is 1. The first-order chi connectivity index (χ1) is 15.0. The maximum Gasteiger partial charge on any atom is 0.239 e. The maximum atomic E-state index is 13.1. The SMILES string of the molecule is COCCOCCC(Sc1ncnc2c1cnn2C(C)C)C(=O)Nc1ccc(C)cn1. The fourth-order valence-electron chi connectivity index (χ4n) is 2.87. The number of anilines is 1. The van der Waals surface area contributed by atoms with Crippen LogP contribution in [0.2, 0.25) is 0 Å². The molecule has 0 aliphatic rings. The number of methoxy groups -OCH3 is 1. The highest BCUT2D eigenvalue weighted by Gasteiger charge is 2.23. The summed E-state index contributed by atoms with van der Waals surface area (Å²) < 4.78 is 12.5. The van der Waals surface area contributed by atoms with Crippen molar-refractivity contribution in [2.75, 3.05) is 32.2 Å². The molecule has 0 bridgehead atoms. The molecule has 166 valence electrons. The van der Waals surface area contributed by atoms with Gasteiger partial charge in [-0.05, 0) is 38.8 Å². The van der Waals surface area contributed by atoms with Crippen molar-refractivity contribution in [2.24, 2.45) is 0 Å². The van der Waals surface area contributed by atoms with Gasteiger partial charge >= 0.3 is 0 Å². The van der Waals surface area contributed by atoms with Crippen molar-refractivity contribution < 1.29 is 14.3 Å². The predicted molar refractivity (Wildman–Crippen MR) is 120 cm³/mol. The largest absolute Gasteiger partial charge is 0.382 e. The number of hydrogen-bond acceptors (Lipinski definition) is 8. The van der Waals surface area contributed by atoms with Crippen LogP contribution in [0.1, 0.15) is 31.9 Å². The summed E-state index contributed by atoms with van der Waals surface area (Å²) in [6, 6.07) is 3.87. The minimum atomic E-state index is -0.425. The summed E-state index contributed by atoms with van der Waals surface area (Å²) in [6.07, 6.45) is 5.50. The molecule has 10 heteroatoms. The standard InChI is InChI=1S/C21H28N6O3S/c1-14(2)27-19-16(12-25-27)21(24-13-23-19)31-17(7-8-30-10-9-29-4)20(28)26-18-6-5-15(3)11-22-18/h5-6,11-14,17H,7-10H2,1-4H3,(H,22,26,28). The van der Waals surface area contributed by atoms with Gasteiger partial charge in [0.25, 0.3) is 0 Å². The van der Waals surface area contributed by atoms with Gasteiger partial charge in [-0.2, -0.15) is 5.10 Å². The topological polar surface area (TPSA) is 104 Å². The third kappa shape index (κ3) is 6.22. The lowest BCUT2D eigenvalue weighted by atomic mass is 10.3. The Morgan fingerprint density at radius 1 is 1.16 bits per heavy atom. The van der Waals surface area contributed by atoms with E-state index >= 15 is 0 Å². The van der Waals surface area contributed by atoms with Crippen LogP contribution in [0.3, 0.4) is 0 Å². The van der Waals surface area contributed by atoms with Gasteiger partial charge in [0, 0.05) is 26.0 Å². The van der Waals surface area contributed by atoms with Gasteiger partial charge in [0.1, 0.15) is 17.2 Å². The van der Waals surface area contributed by atoms with Crippen LogP contribution in [0.15, 0.2) is 35.9 Å². The average molecular weight is 445 g/mol. The minimum Gasteiger partial charge on any atom is -0.382 e. The molecule has 0 aliphatic heterocycles. The molecule has 1 unspecified atom stereocenters. The number of aromatic nitrogens is 5. The maximum absolute atomic E-state index is 13.1. The van der Waals surface area contributed by atoms with E-state index in [2.05, 4.69) is 25.4 Å². The predicted octanol–water partition coefficient (Wildman–Crippen LogP) is 3.26. The van der Waals surface area contributed by atoms with Gasteiger partial charge in [0.05, 0.1) is 30.0 Å². The Morgan fingerprint density at radius 2 is 2.00 bits per heavy atom. The Morgan fingerprint density at radius 3 is 2.71 bits per heavy atom. The number of rotatable bonds is 11. The van der Waals surface area contributed by atoms with Crippen molar-refractivity contribution >= 4 is 34.5 Å². The van der Waals surface area contributed by atoms with Crippen molar-refractivity contribution in [3.05, 3.63) is 36.4 Å². The number of pyridine rings is 1. The van der Waals surface area contributed by atoms with Crippen molar-refractivity contribution in [3.63, 3.8) is 0 Å². The number of fused-ring (bicyclic) bond motifs is 1. The monoisotopic (exact) mass is 444 g/mol. The summed E-state index contributed by atoms with van der Waals surface area (Å²) in [5, 5.41) is 8.44. The van der Waals surface area contributed by atoms with Crippen LogP contribution < -0.4 is 5.32 Å². The van der Waals surface area contributed by atoms with E-state index in [1.165, 1.54) is 18.1 Å². The van der Waals surface area contributed by atoms with Gasteiger partial charge < -0.3 is 14.8 Å². The molecule has 3 heterocycles. The zero-order valence-electron chi connectivity index (χ0n) is 18.2. The Hall–Kier alpha value is -2.56. The molecule has 31 heavy (non-hydrogen) atoms. The molecule has 0 spiro atoms. The molecule has 0 radical (unpaired) electrons. The number of ether oxygens (including phenoxy) is 2. The van der Waals surface area contributed by atoms with Crippen LogP contribution in [-0.2, 0) is 14.3 Å². The summed E-state index contributed by atoms with van der Waals surface area (Å²) in [4.78, 5) is 26.1. The lowest BCUT2D eigenvalue weighted by Gasteiger charge is -2.16. The normalized spacial score (nSPS) is 12.4. The molecule has 0 aromatic carbocycles. The van der Waals surface area contributed by atoms with Gasteiger partial charge in [0.2, 0.25) is 5.91 Å². The van der Waals surface area contributed by atoms with Crippen LogP contribution in [0, 0.1) is 6.92 Å². The zero-order chi connectivity index (χ0) is 22.2. The highest BCUT2D eigenvalue weighted by Crippen LogP contribution is 2.31. The molecule has 9 nitrogen and oxygen atoms in total. The molecule has 3 rings (SSSR count). The Labute approximate surface area is 186 Å². The van der Waals surface area contributed by atoms with Crippen molar-refractivity contribution in [3.8, 4) is 0 Å². The number of hydrogen-bond donors (Lipinski definition) is 1. The van der Waals surface area contributed by atoms with E-state index in [9.17, 15) is 4.79 Å². The zero-order valence-corrected chi connectivity index (χ0v) is 19.1. The van der Waals surface area contributed by atoms with Crippen LogP contribution in [0.25, 0.3) is 11.0 Å². The Bertz CT molecular complexity index is 992. The smallest absolute Gasteiger partial charge is 0.239 e. The second kappa shape index (κ2) is 11.2.